The number of carboxylic acids is 1. The number of ether oxygens (including phenoxy) is 1. The maximum absolute atomic E-state index is 13.2. The molecular weight excluding hydrogens is 514 g/mol. The number of oxazole rings is 1. The van der Waals surface area contributed by atoms with Gasteiger partial charge in [0, 0.05) is 20.0 Å². The highest BCUT2D eigenvalue weighted by Crippen LogP contribution is 2.26. The summed E-state index contributed by atoms with van der Waals surface area (Å²) in [6.45, 7) is 1.40. The molecule has 9 nitrogen and oxygen atoms in total. The van der Waals surface area contributed by atoms with E-state index in [1.807, 2.05) is 24.4 Å². The number of aromatic nitrogens is 1. The first-order chi connectivity index (χ1) is 17.7. The monoisotopic (exact) mass is 541 g/mol. The zero-order valence-electron chi connectivity index (χ0n) is 20.4. The lowest BCUT2D eigenvalue weighted by molar-refractivity contribution is -0.137. The number of para-hydroxylation sites is 1. The Morgan fingerprint density at radius 1 is 1.11 bits per heavy atom. The van der Waals surface area contributed by atoms with Crippen LogP contribution in [0, 0.1) is 6.92 Å². The minimum atomic E-state index is -4.11. The minimum Gasteiger partial charge on any atom is -0.493 e. The number of rotatable bonds is 12. The number of thiophene rings is 1. The van der Waals surface area contributed by atoms with Crippen molar-refractivity contribution in [3.8, 4) is 16.5 Å². The maximum atomic E-state index is 13.2. The quantitative estimate of drug-likeness (QED) is 0.279. The molecule has 0 aliphatic rings. The molecule has 37 heavy (non-hydrogen) atoms. The average molecular weight is 542 g/mol. The van der Waals surface area contributed by atoms with Gasteiger partial charge in [0.1, 0.15) is 18.1 Å². The largest absolute Gasteiger partial charge is 0.493 e. The van der Waals surface area contributed by atoms with Gasteiger partial charge >= 0.3 is 16.2 Å². The lowest BCUT2D eigenvalue weighted by Gasteiger charge is -2.27. The van der Waals surface area contributed by atoms with Crippen molar-refractivity contribution in [3.63, 3.8) is 0 Å². The van der Waals surface area contributed by atoms with E-state index in [1.54, 1.807) is 65.9 Å². The molecule has 0 fully saturated rings. The summed E-state index contributed by atoms with van der Waals surface area (Å²) in [6, 6.07) is 19.3. The number of aliphatic carboxylic acids is 1. The van der Waals surface area contributed by atoms with Crippen molar-refractivity contribution >= 4 is 33.2 Å². The second-order valence-corrected chi connectivity index (χ2v) is 11.1. The molecule has 0 spiro atoms. The first kappa shape index (κ1) is 26.4. The highest BCUT2D eigenvalue weighted by molar-refractivity contribution is 7.90. The number of benzene rings is 2. The smallest absolute Gasteiger partial charge is 0.318 e. The first-order valence-electron chi connectivity index (χ1n) is 11.5. The van der Waals surface area contributed by atoms with Crippen LogP contribution in [0.15, 0.2) is 76.5 Å². The molecule has 2 aromatic heterocycles. The van der Waals surface area contributed by atoms with E-state index in [2.05, 4.69) is 4.98 Å². The Balaban J connectivity index is 1.43. The zero-order chi connectivity index (χ0) is 26.4. The van der Waals surface area contributed by atoms with Gasteiger partial charge in [-0.05, 0) is 48.2 Å². The molecule has 0 atom stereocenters. The van der Waals surface area contributed by atoms with Crippen LogP contribution >= 0.6 is 11.3 Å². The third-order valence-corrected chi connectivity index (χ3v) is 8.26. The summed E-state index contributed by atoms with van der Waals surface area (Å²) >= 11 is 1.56. The van der Waals surface area contributed by atoms with Crippen LogP contribution in [-0.4, -0.2) is 49.0 Å². The average Bonchev–Trinajstić information content (AvgIpc) is 3.54. The fraction of sp³-hybridized carbons (Fsp3) is 0.231. The molecule has 4 aromatic rings. The molecule has 0 bridgehead atoms. The second-order valence-electron chi connectivity index (χ2n) is 8.22. The van der Waals surface area contributed by atoms with E-state index < -0.39 is 22.7 Å². The molecule has 1 N–H and O–H groups in total. The molecule has 0 saturated carbocycles. The summed E-state index contributed by atoms with van der Waals surface area (Å²) in [5.74, 6) is 0.617. The first-order valence-corrected chi connectivity index (χ1v) is 13.7. The van der Waals surface area contributed by atoms with Gasteiger partial charge < -0.3 is 14.3 Å². The predicted molar refractivity (Wildman–Crippen MR) is 142 cm³/mol. The van der Waals surface area contributed by atoms with Crippen LogP contribution < -0.4 is 9.04 Å². The number of carboxylic acid groups (broad SMARTS) is 1. The van der Waals surface area contributed by atoms with Crippen molar-refractivity contribution in [3.05, 3.63) is 89.1 Å². The third-order valence-electron chi connectivity index (χ3n) is 5.59. The van der Waals surface area contributed by atoms with Crippen LogP contribution in [0.5, 0.6) is 5.75 Å². The van der Waals surface area contributed by atoms with E-state index in [9.17, 15) is 18.3 Å². The van der Waals surface area contributed by atoms with Crippen molar-refractivity contribution in [2.24, 2.45) is 0 Å². The van der Waals surface area contributed by atoms with E-state index >= 15 is 0 Å². The van der Waals surface area contributed by atoms with Gasteiger partial charge in [0.25, 0.3) is 0 Å². The van der Waals surface area contributed by atoms with Crippen molar-refractivity contribution in [2.45, 2.75) is 19.9 Å². The summed E-state index contributed by atoms with van der Waals surface area (Å²) in [5, 5.41) is 11.3. The SMILES string of the molecule is Cc1oc(-c2cccs2)nc1CCOc1cccc(CN(CC(=O)O)S(=O)(=O)N(C)c2ccccc2)c1. The van der Waals surface area contributed by atoms with Gasteiger partial charge in [-0.2, -0.15) is 12.7 Å². The number of nitrogens with zero attached hydrogens (tertiary/aromatic N) is 3. The molecule has 0 radical (unpaired) electrons. The number of anilines is 1. The Hall–Kier alpha value is -3.67. The van der Waals surface area contributed by atoms with Gasteiger partial charge in [0.2, 0.25) is 5.89 Å². The molecule has 0 saturated heterocycles. The van der Waals surface area contributed by atoms with Gasteiger partial charge in [0.05, 0.1) is 22.9 Å². The van der Waals surface area contributed by atoms with Crippen molar-refractivity contribution < 1.29 is 27.5 Å². The highest BCUT2D eigenvalue weighted by Gasteiger charge is 2.29. The molecule has 2 heterocycles. The maximum Gasteiger partial charge on any atom is 0.318 e. The lowest BCUT2D eigenvalue weighted by Crippen LogP contribution is -2.44. The van der Waals surface area contributed by atoms with Gasteiger partial charge in [-0.1, -0.05) is 36.4 Å². The van der Waals surface area contributed by atoms with Gasteiger partial charge in [-0.25, -0.2) is 4.98 Å². The Morgan fingerprint density at radius 3 is 2.59 bits per heavy atom. The molecule has 2 aromatic carbocycles. The van der Waals surface area contributed by atoms with Gasteiger partial charge in [-0.15, -0.1) is 11.3 Å². The summed E-state index contributed by atoms with van der Waals surface area (Å²) in [7, 11) is -2.71. The summed E-state index contributed by atoms with van der Waals surface area (Å²) in [6.07, 6.45) is 0.534. The second kappa shape index (κ2) is 11.6. The molecule has 4 rings (SSSR count). The number of hydrogen-bond donors (Lipinski definition) is 1. The Kier molecular flexibility index (Phi) is 8.27. The van der Waals surface area contributed by atoms with Crippen LogP contribution in [0.1, 0.15) is 17.0 Å². The summed E-state index contributed by atoms with van der Waals surface area (Å²) < 4.78 is 40.2. The van der Waals surface area contributed by atoms with Crippen LogP contribution in [0.3, 0.4) is 0 Å². The number of carbonyl (C=O) groups is 1. The molecule has 0 amide bonds. The molecule has 0 aliphatic carbocycles. The predicted octanol–water partition coefficient (Wildman–Crippen LogP) is 4.60. The molecule has 0 aliphatic heterocycles. The van der Waals surface area contributed by atoms with E-state index in [-0.39, 0.29) is 6.54 Å². The normalized spacial score (nSPS) is 11.5. The Morgan fingerprint density at radius 2 is 1.89 bits per heavy atom. The topological polar surface area (TPSA) is 113 Å². The van der Waals surface area contributed by atoms with E-state index in [0.29, 0.717) is 35.9 Å². The van der Waals surface area contributed by atoms with Crippen molar-refractivity contribution in [1.29, 1.82) is 0 Å². The third kappa shape index (κ3) is 6.56. The molecule has 11 heteroatoms. The number of hydrogen-bond acceptors (Lipinski definition) is 7. The van der Waals surface area contributed by atoms with E-state index in [1.165, 1.54) is 7.05 Å². The lowest BCUT2D eigenvalue weighted by atomic mass is 10.2. The van der Waals surface area contributed by atoms with Crippen molar-refractivity contribution in [1.82, 2.24) is 9.29 Å². The standard InChI is InChI=1S/C26H27N3O6S2/c1-19-23(27-26(35-19)24-12-7-15-36-24)13-14-34-22-11-6-8-20(16-22)17-29(18-25(30)31)37(32,33)28(2)21-9-4-3-5-10-21/h3-12,15-16H,13-14,17-18H2,1-2H3,(H,30,31). The van der Waals surface area contributed by atoms with Crippen LogP contribution in [0.2, 0.25) is 0 Å². The van der Waals surface area contributed by atoms with Crippen LogP contribution in [-0.2, 0) is 28.0 Å². The molecular formula is C26H27N3O6S2. The fourth-order valence-electron chi connectivity index (χ4n) is 3.68. The Labute approximate surface area is 219 Å². The summed E-state index contributed by atoms with van der Waals surface area (Å²) in [5.41, 5.74) is 1.84. The minimum absolute atomic E-state index is 0.129. The van der Waals surface area contributed by atoms with Crippen LogP contribution in [0.25, 0.3) is 10.8 Å². The van der Waals surface area contributed by atoms with Gasteiger partial charge in [0.15, 0.2) is 0 Å². The summed E-state index contributed by atoms with van der Waals surface area (Å²) in [4.78, 5) is 17.0. The van der Waals surface area contributed by atoms with Gasteiger partial charge in [-0.3, -0.25) is 9.10 Å². The van der Waals surface area contributed by atoms with Crippen LogP contribution in [0.4, 0.5) is 5.69 Å². The Bertz CT molecular complexity index is 1440. The highest BCUT2D eigenvalue weighted by atomic mass is 32.2. The number of aryl methyl sites for hydroxylation is 1. The van der Waals surface area contributed by atoms with E-state index in [4.69, 9.17) is 9.15 Å². The zero-order valence-corrected chi connectivity index (χ0v) is 22.0. The fourth-order valence-corrected chi connectivity index (χ4v) is 5.65. The molecule has 0 unspecified atom stereocenters. The molecule has 194 valence electrons. The van der Waals surface area contributed by atoms with Crippen molar-refractivity contribution in [2.75, 3.05) is 24.5 Å². The van der Waals surface area contributed by atoms with E-state index in [0.717, 1.165) is 24.9 Å².